The van der Waals surface area contributed by atoms with Crippen molar-refractivity contribution < 1.29 is 4.79 Å². The van der Waals surface area contributed by atoms with Gasteiger partial charge in [0.25, 0.3) is 0 Å². The van der Waals surface area contributed by atoms with Crippen molar-refractivity contribution in [3.63, 3.8) is 0 Å². The van der Waals surface area contributed by atoms with Crippen LogP contribution in [0.2, 0.25) is 0 Å². The van der Waals surface area contributed by atoms with E-state index in [2.05, 4.69) is 17.4 Å². The van der Waals surface area contributed by atoms with Crippen molar-refractivity contribution >= 4 is 5.91 Å². The summed E-state index contributed by atoms with van der Waals surface area (Å²) in [5.41, 5.74) is 1.65. The minimum Gasteiger partial charge on any atom is -0.353 e. The molecule has 1 unspecified atom stereocenters. The molecule has 0 saturated carbocycles. The molecule has 110 valence electrons. The summed E-state index contributed by atoms with van der Waals surface area (Å²) >= 11 is 0. The molecule has 0 aliphatic rings. The quantitative estimate of drug-likeness (QED) is 0.889. The summed E-state index contributed by atoms with van der Waals surface area (Å²) in [6.07, 6.45) is 0.691. The Balaban J connectivity index is 2.37. The Hall–Kier alpha value is -2.09. The van der Waals surface area contributed by atoms with Crippen LogP contribution in [0.1, 0.15) is 31.9 Å². The monoisotopic (exact) mass is 281 g/mol. The van der Waals surface area contributed by atoms with E-state index in [1.165, 1.54) is 5.56 Å². The molecule has 0 saturated heterocycles. The molecular weight excluding hydrogens is 258 g/mol. The molecule has 0 spiro atoms. The summed E-state index contributed by atoms with van der Waals surface area (Å²) in [6, 6.07) is 20.3. The van der Waals surface area contributed by atoms with Crippen LogP contribution >= 0.6 is 0 Å². The van der Waals surface area contributed by atoms with E-state index in [0.717, 1.165) is 5.56 Å². The van der Waals surface area contributed by atoms with Gasteiger partial charge in [-0.1, -0.05) is 60.7 Å². The third-order valence-corrected chi connectivity index (χ3v) is 3.73. The van der Waals surface area contributed by atoms with Crippen LogP contribution in [0.4, 0.5) is 0 Å². The molecule has 1 N–H and O–H groups in total. The third kappa shape index (κ3) is 3.72. The molecule has 0 aromatic heterocycles. The molecule has 0 aliphatic carbocycles. The van der Waals surface area contributed by atoms with Crippen molar-refractivity contribution in [1.29, 1.82) is 0 Å². The van der Waals surface area contributed by atoms with E-state index in [0.29, 0.717) is 6.42 Å². The van der Waals surface area contributed by atoms with E-state index in [4.69, 9.17) is 0 Å². The Kier molecular flexibility index (Phi) is 4.79. The summed E-state index contributed by atoms with van der Waals surface area (Å²) in [6.45, 7) is 6.00. The number of hydrogen-bond donors (Lipinski definition) is 1. The topological polar surface area (TPSA) is 29.1 Å². The van der Waals surface area contributed by atoms with Crippen LogP contribution < -0.4 is 5.32 Å². The van der Waals surface area contributed by atoms with Gasteiger partial charge in [-0.25, -0.2) is 0 Å². The largest absolute Gasteiger partial charge is 0.353 e. The van der Waals surface area contributed by atoms with Crippen LogP contribution in [0.15, 0.2) is 60.7 Å². The van der Waals surface area contributed by atoms with Gasteiger partial charge in [0, 0.05) is 6.04 Å². The van der Waals surface area contributed by atoms with E-state index in [-0.39, 0.29) is 11.9 Å². The van der Waals surface area contributed by atoms with Gasteiger partial charge in [-0.15, -0.1) is 0 Å². The summed E-state index contributed by atoms with van der Waals surface area (Å²) in [5.74, 6) is 0.0764. The molecule has 0 bridgehead atoms. The molecule has 2 aromatic rings. The minimum absolute atomic E-state index is 0.0764. The van der Waals surface area contributed by atoms with Gasteiger partial charge in [-0.3, -0.25) is 4.79 Å². The lowest BCUT2D eigenvalue weighted by Gasteiger charge is -2.30. The highest BCUT2D eigenvalue weighted by molar-refractivity contribution is 5.88. The van der Waals surface area contributed by atoms with E-state index in [1.807, 2.05) is 69.3 Å². The fourth-order valence-electron chi connectivity index (χ4n) is 2.55. The maximum atomic E-state index is 12.8. The number of hydrogen-bond acceptors (Lipinski definition) is 1. The second kappa shape index (κ2) is 6.57. The normalized spacial score (nSPS) is 13.7. The van der Waals surface area contributed by atoms with Crippen molar-refractivity contribution in [2.24, 2.45) is 0 Å². The minimum atomic E-state index is -0.563. The molecule has 1 atom stereocenters. The Labute approximate surface area is 127 Å². The Morgan fingerprint density at radius 2 is 1.52 bits per heavy atom. The van der Waals surface area contributed by atoms with Crippen molar-refractivity contribution in [3.8, 4) is 0 Å². The van der Waals surface area contributed by atoms with E-state index in [9.17, 15) is 4.79 Å². The first-order valence-corrected chi connectivity index (χ1v) is 7.43. The van der Waals surface area contributed by atoms with Gasteiger partial charge in [0.2, 0.25) is 5.91 Å². The zero-order valence-corrected chi connectivity index (χ0v) is 13.0. The van der Waals surface area contributed by atoms with Gasteiger partial charge in [0.1, 0.15) is 0 Å². The first kappa shape index (κ1) is 15.3. The van der Waals surface area contributed by atoms with Gasteiger partial charge >= 0.3 is 0 Å². The maximum Gasteiger partial charge on any atom is 0.230 e. The smallest absolute Gasteiger partial charge is 0.230 e. The molecule has 2 rings (SSSR count). The van der Waals surface area contributed by atoms with Crippen LogP contribution in [0.3, 0.4) is 0 Å². The van der Waals surface area contributed by atoms with Gasteiger partial charge in [0.05, 0.1) is 5.41 Å². The maximum absolute atomic E-state index is 12.8. The Bertz CT molecular complexity index is 577. The average molecular weight is 281 g/mol. The van der Waals surface area contributed by atoms with Crippen LogP contribution in [0.25, 0.3) is 0 Å². The number of carbonyl (C=O) groups is 1. The molecule has 0 radical (unpaired) electrons. The van der Waals surface area contributed by atoms with E-state index < -0.39 is 5.41 Å². The van der Waals surface area contributed by atoms with Crippen LogP contribution in [-0.4, -0.2) is 11.9 Å². The van der Waals surface area contributed by atoms with Crippen molar-refractivity contribution in [1.82, 2.24) is 5.32 Å². The Morgan fingerprint density at radius 1 is 1.00 bits per heavy atom. The summed E-state index contributed by atoms with van der Waals surface area (Å²) in [4.78, 5) is 12.8. The van der Waals surface area contributed by atoms with Crippen molar-refractivity contribution in [2.75, 3.05) is 0 Å². The number of carbonyl (C=O) groups excluding carboxylic acids is 1. The fourth-order valence-corrected chi connectivity index (χ4v) is 2.55. The first-order valence-electron chi connectivity index (χ1n) is 7.43. The summed E-state index contributed by atoms with van der Waals surface area (Å²) in [5, 5.41) is 3.06. The molecule has 2 nitrogen and oxygen atoms in total. The van der Waals surface area contributed by atoms with Gasteiger partial charge < -0.3 is 5.32 Å². The third-order valence-electron chi connectivity index (χ3n) is 3.73. The van der Waals surface area contributed by atoms with E-state index >= 15 is 0 Å². The van der Waals surface area contributed by atoms with Crippen LogP contribution in [0, 0.1) is 0 Å². The Morgan fingerprint density at radius 3 is 2.05 bits per heavy atom. The molecule has 2 heteroatoms. The lowest BCUT2D eigenvalue weighted by atomic mass is 9.76. The predicted molar refractivity (Wildman–Crippen MR) is 87.2 cm³/mol. The number of rotatable bonds is 5. The SMILES string of the molecule is CC(C)NC(=O)C(C)(Cc1ccccc1)c1ccccc1. The molecule has 2 aromatic carbocycles. The van der Waals surface area contributed by atoms with Gasteiger partial charge in [0.15, 0.2) is 0 Å². The van der Waals surface area contributed by atoms with Crippen molar-refractivity contribution in [3.05, 3.63) is 71.8 Å². The lowest BCUT2D eigenvalue weighted by molar-refractivity contribution is -0.126. The number of amides is 1. The molecule has 21 heavy (non-hydrogen) atoms. The highest BCUT2D eigenvalue weighted by Crippen LogP contribution is 2.28. The summed E-state index contributed by atoms with van der Waals surface area (Å²) in [7, 11) is 0. The fraction of sp³-hybridized carbons (Fsp3) is 0.316. The number of nitrogens with one attached hydrogen (secondary N) is 1. The molecule has 0 heterocycles. The zero-order chi connectivity index (χ0) is 15.3. The van der Waals surface area contributed by atoms with Crippen LogP contribution in [-0.2, 0) is 16.6 Å². The summed E-state index contributed by atoms with van der Waals surface area (Å²) < 4.78 is 0. The second-order valence-electron chi connectivity index (χ2n) is 5.99. The van der Waals surface area contributed by atoms with Crippen LogP contribution in [0.5, 0.6) is 0 Å². The highest BCUT2D eigenvalue weighted by Gasteiger charge is 2.35. The number of benzene rings is 2. The lowest BCUT2D eigenvalue weighted by Crippen LogP contribution is -2.46. The van der Waals surface area contributed by atoms with Gasteiger partial charge in [-0.05, 0) is 38.3 Å². The molecule has 0 fully saturated rings. The van der Waals surface area contributed by atoms with E-state index in [1.54, 1.807) is 0 Å². The highest BCUT2D eigenvalue weighted by atomic mass is 16.2. The predicted octanol–water partition coefficient (Wildman–Crippen LogP) is 3.71. The van der Waals surface area contributed by atoms with Gasteiger partial charge in [-0.2, -0.15) is 0 Å². The molecular formula is C19H23NO. The van der Waals surface area contributed by atoms with Crippen molar-refractivity contribution in [2.45, 2.75) is 38.6 Å². The standard InChI is InChI=1S/C19H23NO/c1-15(2)20-18(21)19(3,17-12-8-5-9-13-17)14-16-10-6-4-7-11-16/h4-13,15H,14H2,1-3H3,(H,20,21). The second-order valence-corrected chi connectivity index (χ2v) is 5.99. The zero-order valence-electron chi connectivity index (χ0n) is 13.0. The first-order chi connectivity index (χ1) is 10.0. The average Bonchev–Trinajstić information content (AvgIpc) is 2.48. The molecule has 1 amide bonds. The molecule has 0 aliphatic heterocycles.